The number of aryl methyl sites for hydroxylation is 1. The van der Waals surface area contributed by atoms with Crippen molar-refractivity contribution in [1.82, 2.24) is 9.55 Å². The molecule has 0 spiro atoms. The van der Waals surface area contributed by atoms with Gasteiger partial charge in [-0.05, 0) is 31.4 Å². The summed E-state index contributed by atoms with van der Waals surface area (Å²) in [4.78, 5) is 31.8. The Morgan fingerprint density at radius 3 is 2.46 bits per heavy atom. The maximum atomic E-state index is 13.4. The van der Waals surface area contributed by atoms with Gasteiger partial charge in [0.15, 0.2) is 0 Å². The van der Waals surface area contributed by atoms with Crippen LogP contribution in [0, 0.1) is 12.8 Å². The van der Waals surface area contributed by atoms with E-state index in [-0.39, 0.29) is 16.4 Å². The SMILES string of the molecule is Cc1ccc(-c2nc3sc4ccccc4c(=O)c3c(=O)n2CCC(C)C)cc1. The van der Waals surface area contributed by atoms with Gasteiger partial charge < -0.3 is 0 Å². The van der Waals surface area contributed by atoms with Crippen LogP contribution in [-0.2, 0) is 6.54 Å². The van der Waals surface area contributed by atoms with Crippen molar-refractivity contribution in [2.45, 2.75) is 33.7 Å². The molecule has 2 aromatic heterocycles. The summed E-state index contributed by atoms with van der Waals surface area (Å²) in [6.45, 7) is 6.82. The number of hydrogen-bond acceptors (Lipinski definition) is 4. The van der Waals surface area contributed by atoms with Crippen LogP contribution in [-0.4, -0.2) is 9.55 Å². The molecule has 0 fully saturated rings. The van der Waals surface area contributed by atoms with Crippen molar-refractivity contribution in [3.05, 3.63) is 74.7 Å². The fourth-order valence-electron chi connectivity index (χ4n) is 3.30. The predicted molar refractivity (Wildman–Crippen MR) is 117 cm³/mol. The molecule has 4 rings (SSSR count). The zero-order valence-electron chi connectivity index (χ0n) is 16.2. The Hall–Kier alpha value is -2.79. The fraction of sp³-hybridized carbons (Fsp3) is 0.261. The van der Waals surface area contributed by atoms with Crippen LogP contribution in [0.1, 0.15) is 25.8 Å². The molecule has 0 aliphatic carbocycles. The highest BCUT2D eigenvalue weighted by Crippen LogP contribution is 2.25. The molecular formula is C23H22N2O2S. The maximum Gasteiger partial charge on any atom is 0.266 e. The summed E-state index contributed by atoms with van der Waals surface area (Å²) >= 11 is 1.40. The monoisotopic (exact) mass is 390 g/mol. The number of aromatic nitrogens is 2. The summed E-state index contributed by atoms with van der Waals surface area (Å²) in [5.41, 5.74) is 1.57. The number of benzene rings is 2. The third kappa shape index (κ3) is 3.27. The lowest BCUT2D eigenvalue weighted by Crippen LogP contribution is -2.27. The molecule has 0 saturated carbocycles. The molecular weight excluding hydrogens is 368 g/mol. The van der Waals surface area contributed by atoms with E-state index in [1.807, 2.05) is 49.4 Å². The minimum absolute atomic E-state index is 0.198. The molecule has 0 aliphatic rings. The van der Waals surface area contributed by atoms with Gasteiger partial charge in [0.2, 0.25) is 5.43 Å². The number of hydrogen-bond donors (Lipinski definition) is 0. The molecule has 5 heteroatoms. The first-order valence-corrected chi connectivity index (χ1v) is 10.3. The topological polar surface area (TPSA) is 52.0 Å². The van der Waals surface area contributed by atoms with E-state index in [1.54, 1.807) is 10.6 Å². The van der Waals surface area contributed by atoms with Gasteiger partial charge >= 0.3 is 0 Å². The maximum absolute atomic E-state index is 13.4. The Morgan fingerprint density at radius 2 is 1.75 bits per heavy atom. The van der Waals surface area contributed by atoms with Gasteiger partial charge in [-0.15, -0.1) is 11.3 Å². The van der Waals surface area contributed by atoms with Crippen molar-refractivity contribution in [3.63, 3.8) is 0 Å². The van der Waals surface area contributed by atoms with Crippen molar-refractivity contribution >= 4 is 31.6 Å². The predicted octanol–water partition coefficient (Wildman–Crippen LogP) is 4.99. The Labute approximate surface area is 167 Å². The average molecular weight is 391 g/mol. The molecule has 0 saturated heterocycles. The Bertz CT molecular complexity index is 1280. The highest BCUT2D eigenvalue weighted by Gasteiger charge is 2.17. The molecule has 4 aromatic rings. The Kier molecular flexibility index (Phi) is 4.85. The first-order valence-electron chi connectivity index (χ1n) is 9.49. The fourth-order valence-corrected chi connectivity index (χ4v) is 4.34. The van der Waals surface area contributed by atoms with Crippen LogP contribution in [0.4, 0.5) is 0 Å². The molecule has 2 aromatic carbocycles. The molecule has 0 aliphatic heterocycles. The van der Waals surface area contributed by atoms with E-state index in [9.17, 15) is 9.59 Å². The smallest absolute Gasteiger partial charge is 0.266 e. The first kappa shape index (κ1) is 18.6. The highest BCUT2D eigenvalue weighted by molar-refractivity contribution is 7.24. The third-order valence-corrected chi connectivity index (χ3v) is 6.01. The zero-order chi connectivity index (χ0) is 19.8. The molecule has 0 bridgehead atoms. The number of rotatable bonds is 4. The third-order valence-electron chi connectivity index (χ3n) is 4.94. The molecule has 0 radical (unpaired) electrons. The molecule has 4 nitrogen and oxygen atoms in total. The van der Waals surface area contributed by atoms with Crippen molar-refractivity contribution in [2.75, 3.05) is 0 Å². The summed E-state index contributed by atoms with van der Waals surface area (Å²) in [5, 5.41) is 0.778. The standard InChI is InChI=1S/C23H22N2O2S/c1-14(2)12-13-25-21(16-10-8-15(3)9-11-16)24-22-19(23(25)27)20(26)17-6-4-5-7-18(17)28-22/h4-11,14H,12-13H2,1-3H3. The molecule has 2 heterocycles. The van der Waals surface area contributed by atoms with E-state index in [2.05, 4.69) is 13.8 Å². The molecule has 0 amide bonds. The summed E-state index contributed by atoms with van der Waals surface area (Å²) in [7, 11) is 0. The van der Waals surface area contributed by atoms with E-state index >= 15 is 0 Å². The van der Waals surface area contributed by atoms with Crippen LogP contribution in [0.5, 0.6) is 0 Å². The number of nitrogens with zero attached hydrogens (tertiary/aromatic N) is 2. The average Bonchev–Trinajstić information content (AvgIpc) is 2.67. The van der Waals surface area contributed by atoms with Gasteiger partial charge in [0.05, 0.1) is 0 Å². The number of fused-ring (bicyclic) bond motifs is 2. The quantitative estimate of drug-likeness (QED) is 0.461. The van der Waals surface area contributed by atoms with Crippen molar-refractivity contribution < 1.29 is 0 Å². The zero-order valence-corrected chi connectivity index (χ0v) is 17.0. The summed E-state index contributed by atoms with van der Waals surface area (Å²) in [6.07, 6.45) is 0.844. The lowest BCUT2D eigenvalue weighted by Gasteiger charge is -2.15. The molecule has 0 atom stereocenters. The van der Waals surface area contributed by atoms with Gasteiger partial charge in [-0.3, -0.25) is 14.2 Å². The van der Waals surface area contributed by atoms with Gasteiger partial charge in [0, 0.05) is 22.2 Å². The van der Waals surface area contributed by atoms with E-state index in [0.717, 1.165) is 22.2 Å². The van der Waals surface area contributed by atoms with Gasteiger partial charge in [0.1, 0.15) is 16.0 Å². The second-order valence-electron chi connectivity index (χ2n) is 7.55. The normalized spacial score (nSPS) is 11.6. The van der Waals surface area contributed by atoms with Gasteiger partial charge in [-0.25, -0.2) is 4.98 Å². The van der Waals surface area contributed by atoms with E-state index in [4.69, 9.17) is 4.98 Å². The van der Waals surface area contributed by atoms with Crippen molar-refractivity contribution in [1.29, 1.82) is 0 Å². The van der Waals surface area contributed by atoms with Gasteiger partial charge in [-0.2, -0.15) is 0 Å². The molecule has 142 valence electrons. The Balaban J connectivity index is 2.07. The first-order chi connectivity index (χ1) is 13.5. The van der Waals surface area contributed by atoms with Crippen LogP contribution in [0.2, 0.25) is 0 Å². The van der Waals surface area contributed by atoms with Crippen molar-refractivity contribution in [3.8, 4) is 11.4 Å². The van der Waals surface area contributed by atoms with Crippen LogP contribution in [0.15, 0.2) is 58.1 Å². The van der Waals surface area contributed by atoms with Crippen LogP contribution >= 0.6 is 11.3 Å². The van der Waals surface area contributed by atoms with E-state index < -0.39 is 0 Å². The van der Waals surface area contributed by atoms with Crippen LogP contribution in [0.25, 0.3) is 31.7 Å². The van der Waals surface area contributed by atoms with E-state index in [1.165, 1.54) is 11.3 Å². The summed E-state index contributed by atoms with van der Waals surface area (Å²) in [6, 6.07) is 15.4. The van der Waals surface area contributed by atoms with Crippen molar-refractivity contribution in [2.24, 2.45) is 5.92 Å². The highest BCUT2D eigenvalue weighted by atomic mass is 32.1. The van der Waals surface area contributed by atoms with Gasteiger partial charge in [0.25, 0.3) is 5.56 Å². The molecule has 0 N–H and O–H groups in total. The summed E-state index contributed by atoms with van der Waals surface area (Å²) in [5.74, 6) is 1.07. The minimum Gasteiger partial charge on any atom is -0.292 e. The second kappa shape index (κ2) is 7.32. The second-order valence-corrected chi connectivity index (χ2v) is 8.58. The molecule has 0 unspecified atom stereocenters. The largest absolute Gasteiger partial charge is 0.292 e. The van der Waals surface area contributed by atoms with E-state index in [0.29, 0.717) is 28.5 Å². The van der Waals surface area contributed by atoms with Gasteiger partial charge in [-0.1, -0.05) is 55.8 Å². The lowest BCUT2D eigenvalue weighted by atomic mass is 10.1. The summed E-state index contributed by atoms with van der Waals surface area (Å²) < 4.78 is 2.53. The van der Waals surface area contributed by atoms with Crippen LogP contribution < -0.4 is 11.0 Å². The minimum atomic E-state index is -0.242. The lowest BCUT2D eigenvalue weighted by molar-refractivity contribution is 0.509. The molecule has 28 heavy (non-hydrogen) atoms. The van der Waals surface area contributed by atoms with Crippen LogP contribution in [0.3, 0.4) is 0 Å². The Morgan fingerprint density at radius 1 is 1.04 bits per heavy atom.